The number of nitriles is 1. The third kappa shape index (κ3) is 2.77. The largest absolute Gasteiger partial charge is 0.391 e. The van der Waals surface area contributed by atoms with Gasteiger partial charge in [-0.1, -0.05) is 27.2 Å². The predicted octanol–water partition coefficient (Wildman–Crippen LogP) is 3.50. The van der Waals surface area contributed by atoms with Gasteiger partial charge in [0.1, 0.15) is 0 Å². The molecule has 0 aromatic carbocycles. The van der Waals surface area contributed by atoms with Crippen LogP contribution in [-0.2, 0) is 0 Å². The summed E-state index contributed by atoms with van der Waals surface area (Å²) in [6.45, 7) is 6.58. The van der Waals surface area contributed by atoms with E-state index >= 15 is 0 Å². The molecule has 1 saturated carbocycles. The molecule has 1 atom stereocenters. The van der Waals surface area contributed by atoms with Crippen LogP contribution in [0.1, 0.15) is 59.3 Å². The van der Waals surface area contributed by atoms with Gasteiger partial charge in [0.15, 0.2) is 0 Å². The van der Waals surface area contributed by atoms with Crippen molar-refractivity contribution in [2.75, 3.05) is 0 Å². The molecule has 1 unspecified atom stereocenters. The number of rotatable bonds is 4. The molecular formula is C14H25NO. The summed E-state index contributed by atoms with van der Waals surface area (Å²) in [5.41, 5.74) is -0.443. The van der Waals surface area contributed by atoms with Gasteiger partial charge in [0.05, 0.1) is 17.6 Å². The number of hydrogen-bond donors (Lipinski definition) is 1. The fraction of sp³-hybridized carbons (Fsp3) is 0.929. The van der Waals surface area contributed by atoms with E-state index in [4.69, 9.17) is 0 Å². The van der Waals surface area contributed by atoms with Crippen molar-refractivity contribution < 1.29 is 5.11 Å². The van der Waals surface area contributed by atoms with E-state index in [1.54, 1.807) is 0 Å². The normalized spacial score (nSPS) is 32.4. The van der Waals surface area contributed by atoms with Crippen molar-refractivity contribution in [3.05, 3.63) is 0 Å². The fourth-order valence-corrected chi connectivity index (χ4v) is 2.89. The Balaban J connectivity index is 2.62. The van der Waals surface area contributed by atoms with E-state index in [2.05, 4.69) is 26.8 Å². The van der Waals surface area contributed by atoms with Crippen molar-refractivity contribution in [1.82, 2.24) is 0 Å². The summed E-state index contributed by atoms with van der Waals surface area (Å²) in [4.78, 5) is 0. The molecule has 2 heteroatoms. The SMILES string of the molecule is CCCC(O)C1(C#N)CCC(C(C)C)CC1. The van der Waals surface area contributed by atoms with Gasteiger partial charge in [-0.25, -0.2) is 0 Å². The average molecular weight is 223 g/mol. The van der Waals surface area contributed by atoms with Crippen molar-refractivity contribution in [3.63, 3.8) is 0 Å². The summed E-state index contributed by atoms with van der Waals surface area (Å²) in [6, 6.07) is 2.41. The number of aliphatic hydroxyl groups is 1. The van der Waals surface area contributed by atoms with Crippen LogP contribution in [0.15, 0.2) is 0 Å². The van der Waals surface area contributed by atoms with Crippen molar-refractivity contribution >= 4 is 0 Å². The summed E-state index contributed by atoms with van der Waals surface area (Å²) in [6.07, 6.45) is 5.27. The zero-order chi connectivity index (χ0) is 12.2. The Bertz CT molecular complexity index is 246. The van der Waals surface area contributed by atoms with Gasteiger partial charge in [-0.2, -0.15) is 5.26 Å². The van der Waals surface area contributed by atoms with E-state index in [0.29, 0.717) is 5.92 Å². The summed E-state index contributed by atoms with van der Waals surface area (Å²) < 4.78 is 0. The van der Waals surface area contributed by atoms with Gasteiger partial charge in [0.25, 0.3) is 0 Å². The van der Waals surface area contributed by atoms with Crippen LogP contribution in [0.4, 0.5) is 0 Å². The van der Waals surface area contributed by atoms with E-state index in [-0.39, 0.29) is 0 Å². The molecule has 16 heavy (non-hydrogen) atoms. The first-order chi connectivity index (χ1) is 7.55. The van der Waals surface area contributed by atoms with Crippen molar-refractivity contribution in [2.45, 2.75) is 65.4 Å². The topological polar surface area (TPSA) is 44.0 Å². The molecule has 0 aromatic heterocycles. The van der Waals surface area contributed by atoms with E-state index < -0.39 is 11.5 Å². The predicted molar refractivity (Wildman–Crippen MR) is 65.8 cm³/mol. The molecule has 2 nitrogen and oxygen atoms in total. The van der Waals surface area contributed by atoms with E-state index in [1.807, 2.05) is 0 Å². The van der Waals surface area contributed by atoms with Crippen LogP contribution in [0.3, 0.4) is 0 Å². The molecule has 0 heterocycles. The molecule has 0 radical (unpaired) electrons. The summed E-state index contributed by atoms with van der Waals surface area (Å²) in [7, 11) is 0. The van der Waals surface area contributed by atoms with E-state index in [0.717, 1.165) is 44.4 Å². The monoisotopic (exact) mass is 223 g/mol. The Hall–Kier alpha value is -0.550. The maximum absolute atomic E-state index is 10.1. The molecule has 1 fully saturated rings. The van der Waals surface area contributed by atoms with Gasteiger partial charge in [-0.3, -0.25) is 0 Å². The van der Waals surface area contributed by atoms with Crippen LogP contribution in [0.25, 0.3) is 0 Å². The van der Waals surface area contributed by atoms with Gasteiger partial charge >= 0.3 is 0 Å². The summed E-state index contributed by atoms with van der Waals surface area (Å²) in [5.74, 6) is 1.45. The Kier molecular flexibility index (Phi) is 4.80. The molecule has 1 aliphatic rings. The maximum atomic E-state index is 10.1. The Labute approximate surface area is 99.7 Å². The van der Waals surface area contributed by atoms with Crippen molar-refractivity contribution in [1.29, 1.82) is 5.26 Å². The molecule has 0 aliphatic heterocycles. The average Bonchev–Trinajstić information content (AvgIpc) is 2.29. The van der Waals surface area contributed by atoms with Gasteiger partial charge in [-0.15, -0.1) is 0 Å². The first kappa shape index (κ1) is 13.5. The molecular weight excluding hydrogens is 198 g/mol. The second-order valence-electron chi connectivity index (χ2n) is 5.65. The number of nitrogens with zero attached hydrogens (tertiary/aromatic N) is 1. The first-order valence-electron chi connectivity index (χ1n) is 6.65. The Morgan fingerprint density at radius 1 is 1.38 bits per heavy atom. The molecule has 0 aromatic rings. The lowest BCUT2D eigenvalue weighted by Crippen LogP contribution is -2.38. The highest BCUT2D eigenvalue weighted by molar-refractivity contribution is 5.05. The van der Waals surface area contributed by atoms with Crippen LogP contribution in [0.5, 0.6) is 0 Å². The van der Waals surface area contributed by atoms with E-state index in [9.17, 15) is 10.4 Å². The molecule has 0 bridgehead atoms. The molecule has 0 amide bonds. The minimum absolute atomic E-state index is 0.421. The van der Waals surface area contributed by atoms with E-state index in [1.165, 1.54) is 0 Å². The van der Waals surface area contributed by atoms with Crippen LogP contribution >= 0.6 is 0 Å². The highest BCUT2D eigenvalue weighted by Crippen LogP contribution is 2.44. The smallest absolute Gasteiger partial charge is 0.0832 e. The zero-order valence-electron chi connectivity index (χ0n) is 10.9. The maximum Gasteiger partial charge on any atom is 0.0832 e. The van der Waals surface area contributed by atoms with Crippen LogP contribution < -0.4 is 0 Å². The van der Waals surface area contributed by atoms with Crippen molar-refractivity contribution in [2.24, 2.45) is 17.3 Å². The minimum Gasteiger partial charge on any atom is -0.391 e. The van der Waals surface area contributed by atoms with Gasteiger partial charge < -0.3 is 5.11 Å². The second kappa shape index (κ2) is 5.68. The van der Waals surface area contributed by atoms with Crippen LogP contribution in [0.2, 0.25) is 0 Å². The van der Waals surface area contributed by atoms with Gasteiger partial charge in [-0.05, 0) is 43.9 Å². The lowest BCUT2D eigenvalue weighted by molar-refractivity contribution is 0.0146. The summed E-state index contributed by atoms with van der Waals surface area (Å²) in [5, 5.41) is 19.5. The first-order valence-corrected chi connectivity index (χ1v) is 6.65. The minimum atomic E-state index is -0.443. The second-order valence-corrected chi connectivity index (χ2v) is 5.65. The molecule has 0 spiro atoms. The lowest BCUT2D eigenvalue weighted by atomic mass is 9.65. The quantitative estimate of drug-likeness (QED) is 0.792. The van der Waals surface area contributed by atoms with Crippen LogP contribution in [-0.4, -0.2) is 11.2 Å². The third-order valence-corrected chi connectivity index (χ3v) is 4.29. The van der Waals surface area contributed by atoms with Crippen molar-refractivity contribution in [3.8, 4) is 6.07 Å². The van der Waals surface area contributed by atoms with Gasteiger partial charge in [0.2, 0.25) is 0 Å². The van der Waals surface area contributed by atoms with Crippen LogP contribution in [0, 0.1) is 28.6 Å². The molecule has 1 rings (SSSR count). The molecule has 1 aliphatic carbocycles. The summed E-state index contributed by atoms with van der Waals surface area (Å²) >= 11 is 0. The standard InChI is InChI=1S/C14H25NO/c1-4-5-13(16)14(10-15)8-6-12(7-9-14)11(2)3/h11-13,16H,4-9H2,1-3H3. The number of hydrogen-bond acceptors (Lipinski definition) is 2. The highest BCUT2D eigenvalue weighted by atomic mass is 16.3. The fourth-order valence-electron chi connectivity index (χ4n) is 2.89. The highest BCUT2D eigenvalue weighted by Gasteiger charge is 2.41. The molecule has 1 N–H and O–H groups in total. The Morgan fingerprint density at radius 3 is 2.31 bits per heavy atom. The lowest BCUT2D eigenvalue weighted by Gasteiger charge is -2.39. The van der Waals surface area contributed by atoms with Gasteiger partial charge in [0, 0.05) is 0 Å². The molecule has 92 valence electrons. The zero-order valence-corrected chi connectivity index (χ0v) is 10.9. The third-order valence-electron chi connectivity index (χ3n) is 4.29. The molecule has 0 saturated heterocycles. The Morgan fingerprint density at radius 2 is 1.94 bits per heavy atom. The number of aliphatic hydroxyl groups excluding tert-OH is 1.